The highest BCUT2D eigenvalue weighted by Gasteiger charge is 2.16. The average Bonchev–Trinajstić information content (AvgIpc) is 3.47. The fourth-order valence-electron chi connectivity index (χ4n) is 4.65. The van der Waals surface area contributed by atoms with Crippen molar-refractivity contribution in [3.8, 4) is 22.8 Å². The first-order chi connectivity index (χ1) is 16.9. The van der Waals surface area contributed by atoms with Crippen LogP contribution < -0.4 is 9.80 Å². The van der Waals surface area contributed by atoms with Crippen LogP contribution in [0.4, 0.5) is 15.8 Å². The summed E-state index contributed by atoms with van der Waals surface area (Å²) in [6.45, 7) is 4.20. The van der Waals surface area contributed by atoms with E-state index < -0.39 is 0 Å². The van der Waals surface area contributed by atoms with Gasteiger partial charge < -0.3 is 24.7 Å². The molecule has 0 spiro atoms. The van der Waals surface area contributed by atoms with E-state index in [0.717, 1.165) is 65.3 Å². The maximum Gasteiger partial charge on any atom is 0.141 e. The van der Waals surface area contributed by atoms with Crippen molar-refractivity contribution in [3.63, 3.8) is 0 Å². The zero-order chi connectivity index (χ0) is 24.1. The minimum Gasteiger partial charge on any atom is -0.378 e. The highest BCUT2D eigenvalue weighted by molar-refractivity contribution is 5.87. The zero-order valence-electron chi connectivity index (χ0n) is 20.1. The second-order valence-corrected chi connectivity index (χ2v) is 9.45. The number of nitrogens with one attached hydrogen (secondary N) is 2. The van der Waals surface area contributed by atoms with E-state index in [2.05, 4.69) is 50.0 Å². The number of benzene rings is 3. The Hall–Kier alpha value is -3.91. The van der Waals surface area contributed by atoms with E-state index in [1.54, 1.807) is 6.07 Å². The van der Waals surface area contributed by atoms with Crippen LogP contribution in [0.2, 0.25) is 0 Å². The van der Waals surface area contributed by atoms with Crippen LogP contribution in [-0.2, 0) is 0 Å². The molecule has 178 valence electrons. The molecule has 0 radical (unpaired) electrons. The van der Waals surface area contributed by atoms with Crippen molar-refractivity contribution in [3.05, 3.63) is 60.4 Å². The molecule has 5 aromatic rings. The Morgan fingerprint density at radius 2 is 1.49 bits per heavy atom. The number of imidazole rings is 2. The molecule has 1 saturated heterocycles. The van der Waals surface area contributed by atoms with Gasteiger partial charge in [0.15, 0.2) is 0 Å². The fraction of sp³-hybridized carbons (Fsp3) is 0.259. The van der Waals surface area contributed by atoms with Gasteiger partial charge in [0, 0.05) is 57.2 Å². The predicted octanol–water partition coefficient (Wildman–Crippen LogP) is 4.73. The number of rotatable bonds is 4. The molecule has 7 nitrogen and oxygen atoms in total. The van der Waals surface area contributed by atoms with Crippen LogP contribution >= 0.6 is 0 Å². The molecule has 6 rings (SSSR count). The van der Waals surface area contributed by atoms with Gasteiger partial charge in [0.2, 0.25) is 0 Å². The molecule has 3 heterocycles. The fourth-order valence-corrected chi connectivity index (χ4v) is 4.65. The number of aromatic amines is 2. The number of hydrogen-bond donors (Lipinski definition) is 2. The second-order valence-electron chi connectivity index (χ2n) is 9.45. The lowest BCUT2D eigenvalue weighted by Crippen LogP contribution is -2.44. The highest BCUT2D eigenvalue weighted by atomic mass is 19.1. The van der Waals surface area contributed by atoms with E-state index in [0.29, 0.717) is 11.4 Å². The summed E-state index contributed by atoms with van der Waals surface area (Å²) in [5.74, 6) is 1.01. The number of nitrogens with zero attached hydrogens (tertiary/aromatic N) is 5. The maximum absolute atomic E-state index is 14.8. The first-order valence-corrected chi connectivity index (χ1v) is 11.9. The topological polar surface area (TPSA) is 67.1 Å². The van der Waals surface area contributed by atoms with Gasteiger partial charge in [0.05, 0.1) is 27.6 Å². The van der Waals surface area contributed by atoms with Crippen LogP contribution in [0, 0.1) is 5.82 Å². The number of fused-ring (bicyclic) bond motifs is 2. The first kappa shape index (κ1) is 21.6. The normalized spacial score (nSPS) is 14.8. The van der Waals surface area contributed by atoms with Crippen molar-refractivity contribution in [2.75, 3.05) is 57.1 Å². The van der Waals surface area contributed by atoms with Crippen LogP contribution in [-0.4, -0.2) is 72.2 Å². The van der Waals surface area contributed by atoms with Gasteiger partial charge in [-0.25, -0.2) is 14.4 Å². The van der Waals surface area contributed by atoms with Crippen molar-refractivity contribution in [1.82, 2.24) is 24.8 Å². The number of anilines is 2. The molecule has 0 saturated carbocycles. The SMILES string of the molecule is CN1CCN(c2ccc3nc(-c4ccc5nc(-c6ccc(N(C)C)cc6F)[nH]c5c4)[nH]c3c2)CC1. The van der Waals surface area contributed by atoms with Gasteiger partial charge in [-0.2, -0.15) is 0 Å². The molecular weight excluding hydrogens is 441 g/mol. The van der Waals surface area contributed by atoms with Crippen molar-refractivity contribution < 1.29 is 4.39 Å². The molecule has 2 N–H and O–H groups in total. The number of piperazine rings is 1. The van der Waals surface area contributed by atoms with Crippen molar-refractivity contribution in [2.45, 2.75) is 0 Å². The Labute approximate surface area is 203 Å². The van der Waals surface area contributed by atoms with Gasteiger partial charge in [-0.05, 0) is 61.6 Å². The summed E-state index contributed by atoms with van der Waals surface area (Å²) < 4.78 is 14.8. The summed E-state index contributed by atoms with van der Waals surface area (Å²) >= 11 is 0. The average molecular weight is 470 g/mol. The van der Waals surface area contributed by atoms with Crippen LogP contribution in [0.25, 0.3) is 44.8 Å². The van der Waals surface area contributed by atoms with E-state index in [-0.39, 0.29) is 5.82 Å². The molecule has 0 atom stereocenters. The summed E-state index contributed by atoms with van der Waals surface area (Å²) in [5, 5.41) is 0. The van der Waals surface area contributed by atoms with Crippen molar-refractivity contribution in [1.29, 1.82) is 0 Å². The lowest BCUT2D eigenvalue weighted by atomic mass is 10.1. The molecule has 1 aliphatic heterocycles. The Balaban J connectivity index is 1.31. The molecule has 8 heteroatoms. The van der Waals surface area contributed by atoms with Gasteiger partial charge in [-0.3, -0.25) is 0 Å². The van der Waals surface area contributed by atoms with E-state index in [9.17, 15) is 4.39 Å². The third kappa shape index (κ3) is 4.00. The molecule has 0 unspecified atom stereocenters. The van der Waals surface area contributed by atoms with Crippen LogP contribution in [0.15, 0.2) is 54.6 Å². The summed E-state index contributed by atoms with van der Waals surface area (Å²) in [5.41, 5.74) is 7.01. The third-order valence-corrected chi connectivity index (χ3v) is 6.81. The number of likely N-dealkylation sites (N-methyl/N-ethyl adjacent to an activating group) is 1. The van der Waals surface area contributed by atoms with Crippen molar-refractivity contribution >= 4 is 33.4 Å². The van der Waals surface area contributed by atoms with Crippen LogP contribution in [0.5, 0.6) is 0 Å². The van der Waals surface area contributed by atoms with E-state index in [1.165, 1.54) is 11.8 Å². The molecule has 3 aromatic carbocycles. The molecule has 35 heavy (non-hydrogen) atoms. The first-order valence-electron chi connectivity index (χ1n) is 11.9. The van der Waals surface area contributed by atoms with E-state index in [4.69, 9.17) is 4.98 Å². The Morgan fingerprint density at radius 1 is 0.800 bits per heavy atom. The smallest absolute Gasteiger partial charge is 0.141 e. The van der Waals surface area contributed by atoms with Gasteiger partial charge in [0.25, 0.3) is 0 Å². The minimum atomic E-state index is -0.302. The maximum atomic E-state index is 14.8. The summed E-state index contributed by atoms with van der Waals surface area (Å²) in [4.78, 5) is 22.8. The van der Waals surface area contributed by atoms with Gasteiger partial charge in [-0.1, -0.05) is 0 Å². The highest BCUT2D eigenvalue weighted by Crippen LogP contribution is 2.30. The number of halogens is 1. The number of H-pyrrole nitrogens is 2. The number of aromatic nitrogens is 4. The molecule has 1 aliphatic rings. The third-order valence-electron chi connectivity index (χ3n) is 6.81. The molecule has 0 amide bonds. The second kappa shape index (κ2) is 8.39. The summed E-state index contributed by atoms with van der Waals surface area (Å²) in [6.07, 6.45) is 0. The minimum absolute atomic E-state index is 0.302. The summed E-state index contributed by atoms with van der Waals surface area (Å²) in [6, 6.07) is 17.5. The predicted molar refractivity (Wildman–Crippen MR) is 141 cm³/mol. The van der Waals surface area contributed by atoms with E-state index in [1.807, 2.05) is 43.3 Å². The van der Waals surface area contributed by atoms with Gasteiger partial charge in [-0.15, -0.1) is 0 Å². The Morgan fingerprint density at radius 3 is 2.23 bits per heavy atom. The van der Waals surface area contributed by atoms with Crippen LogP contribution in [0.3, 0.4) is 0 Å². The molecule has 0 aliphatic carbocycles. The molecule has 1 fully saturated rings. The monoisotopic (exact) mass is 469 g/mol. The van der Waals surface area contributed by atoms with Crippen LogP contribution in [0.1, 0.15) is 0 Å². The summed E-state index contributed by atoms with van der Waals surface area (Å²) in [7, 11) is 5.95. The molecular formula is C27H28FN7. The Bertz CT molecular complexity index is 1530. The molecule has 0 bridgehead atoms. The van der Waals surface area contributed by atoms with Gasteiger partial charge in [0.1, 0.15) is 17.5 Å². The lowest BCUT2D eigenvalue weighted by molar-refractivity contribution is 0.313. The van der Waals surface area contributed by atoms with Gasteiger partial charge >= 0.3 is 0 Å². The lowest BCUT2D eigenvalue weighted by Gasteiger charge is -2.34. The van der Waals surface area contributed by atoms with Crippen molar-refractivity contribution in [2.24, 2.45) is 0 Å². The van der Waals surface area contributed by atoms with E-state index >= 15 is 0 Å². The zero-order valence-corrected chi connectivity index (χ0v) is 20.1. The number of hydrogen-bond acceptors (Lipinski definition) is 5. The standard InChI is InChI=1S/C27H28FN7/c1-33(2)18-5-7-20(21(28)15-18)27-30-22-8-4-17(14-24(22)32-27)26-29-23-9-6-19(16-25(23)31-26)35-12-10-34(3)11-13-35/h4-9,14-16H,10-13H2,1-3H3,(H,29,31)(H,30,32). The largest absolute Gasteiger partial charge is 0.378 e. The quantitative estimate of drug-likeness (QED) is 0.398. The Kier molecular flexibility index (Phi) is 5.18. The molecule has 2 aromatic heterocycles.